The van der Waals surface area contributed by atoms with Gasteiger partial charge in [0.1, 0.15) is 18.1 Å². The molecule has 1 fully saturated rings. The highest BCUT2D eigenvalue weighted by Crippen LogP contribution is 2.23. The number of halogens is 2. The molecule has 0 unspecified atom stereocenters. The fraction of sp³-hybridized carbons (Fsp3) is 0.179. The molecule has 1 aromatic heterocycles. The predicted molar refractivity (Wildman–Crippen MR) is 147 cm³/mol. The number of para-hydroxylation sites is 1. The molecule has 10 heteroatoms. The monoisotopic (exact) mass is 535 g/mol. The van der Waals surface area contributed by atoms with E-state index < -0.39 is 5.91 Å². The molecule has 4 N–H and O–H groups in total. The van der Waals surface area contributed by atoms with Crippen LogP contribution in [0.2, 0.25) is 5.02 Å². The van der Waals surface area contributed by atoms with Gasteiger partial charge in [0.05, 0.1) is 5.02 Å². The molecule has 196 valence electrons. The maximum absolute atomic E-state index is 13.1. The van der Waals surface area contributed by atoms with Crippen molar-refractivity contribution in [3.63, 3.8) is 0 Å². The minimum absolute atomic E-state index is 0.0586. The average molecular weight is 536 g/mol. The summed E-state index contributed by atoms with van der Waals surface area (Å²) in [6.07, 6.45) is 3.19. The Kier molecular flexibility index (Phi) is 8.28. The quantitative estimate of drug-likeness (QED) is 0.331. The number of nitrogens with two attached hydrogens (primary N) is 1. The molecule has 1 saturated heterocycles. The number of nitrogens with one attached hydrogen (secondary N) is 1. The SMILES string of the molecule is N=Cc1cn(CC(=O)N2CCN(c3ccc(F)cc3)CC2)c2ccccc12.NC(=O)c1ccc(O)c(Cl)c1. The van der Waals surface area contributed by atoms with Crippen LogP contribution in [0.15, 0.2) is 72.9 Å². The summed E-state index contributed by atoms with van der Waals surface area (Å²) < 4.78 is 15.0. The van der Waals surface area contributed by atoms with E-state index >= 15 is 0 Å². The summed E-state index contributed by atoms with van der Waals surface area (Å²) in [5.74, 6) is -0.787. The van der Waals surface area contributed by atoms with Gasteiger partial charge in [-0.2, -0.15) is 0 Å². The molecule has 3 aromatic carbocycles. The Morgan fingerprint density at radius 2 is 1.71 bits per heavy atom. The van der Waals surface area contributed by atoms with E-state index in [0.29, 0.717) is 13.1 Å². The number of nitrogens with zero attached hydrogens (tertiary/aromatic N) is 3. The Labute approximate surface area is 224 Å². The van der Waals surface area contributed by atoms with Gasteiger partial charge in [-0.15, -0.1) is 0 Å². The lowest BCUT2D eigenvalue weighted by molar-refractivity contribution is -0.132. The molecule has 4 aromatic rings. The topological polar surface area (TPSA) is 116 Å². The van der Waals surface area contributed by atoms with Crippen molar-refractivity contribution in [1.29, 1.82) is 5.41 Å². The van der Waals surface area contributed by atoms with Crippen molar-refractivity contribution in [3.05, 3.63) is 94.9 Å². The van der Waals surface area contributed by atoms with E-state index in [1.165, 1.54) is 36.5 Å². The molecule has 0 atom stereocenters. The lowest BCUT2D eigenvalue weighted by atomic mass is 10.2. The van der Waals surface area contributed by atoms with Gasteiger partial charge < -0.3 is 30.6 Å². The second kappa shape index (κ2) is 11.8. The number of phenolic OH excluding ortho intramolecular Hbond substituents is 1. The number of amides is 2. The van der Waals surface area contributed by atoms with Gasteiger partial charge in [0.2, 0.25) is 11.8 Å². The van der Waals surface area contributed by atoms with E-state index in [2.05, 4.69) is 4.90 Å². The molecule has 38 heavy (non-hydrogen) atoms. The second-order valence-corrected chi connectivity index (χ2v) is 9.16. The number of piperazine rings is 1. The Morgan fingerprint density at radius 3 is 2.34 bits per heavy atom. The summed E-state index contributed by atoms with van der Waals surface area (Å²) in [6, 6.07) is 18.4. The maximum Gasteiger partial charge on any atom is 0.248 e. The summed E-state index contributed by atoms with van der Waals surface area (Å²) in [7, 11) is 0. The van der Waals surface area contributed by atoms with Gasteiger partial charge in [0, 0.05) is 66.3 Å². The van der Waals surface area contributed by atoms with Gasteiger partial charge >= 0.3 is 0 Å². The fourth-order valence-electron chi connectivity index (χ4n) is 4.29. The average Bonchev–Trinajstić information content (AvgIpc) is 3.28. The number of primary amides is 1. The summed E-state index contributed by atoms with van der Waals surface area (Å²) >= 11 is 5.50. The van der Waals surface area contributed by atoms with E-state index in [1.54, 1.807) is 12.1 Å². The maximum atomic E-state index is 13.1. The summed E-state index contributed by atoms with van der Waals surface area (Å²) in [4.78, 5) is 27.4. The largest absolute Gasteiger partial charge is 0.506 e. The highest BCUT2D eigenvalue weighted by atomic mass is 35.5. The third-order valence-electron chi connectivity index (χ3n) is 6.34. The summed E-state index contributed by atoms with van der Waals surface area (Å²) in [6.45, 7) is 3.02. The molecule has 8 nitrogen and oxygen atoms in total. The molecule has 5 rings (SSSR count). The molecule has 1 aliphatic rings. The number of rotatable bonds is 5. The van der Waals surface area contributed by atoms with Crippen LogP contribution in [0.4, 0.5) is 10.1 Å². The minimum atomic E-state index is -0.563. The van der Waals surface area contributed by atoms with Gasteiger partial charge in [0.15, 0.2) is 0 Å². The predicted octanol–water partition coefficient (Wildman–Crippen LogP) is 4.27. The highest BCUT2D eigenvalue weighted by molar-refractivity contribution is 6.32. The number of benzene rings is 3. The number of hydrogen-bond donors (Lipinski definition) is 3. The van der Waals surface area contributed by atoms with Crippen molar-refractivity contribution in [3.8, 4) is 5.75 Å². The van der Waals surface area contributed by atoms with E-state index in [-0.39, 0.29) is 34.6 Å². The number of hydrogen-bond acceptors (Lipinski definition) is 5. The third kappa shape index (κ3) is 6.12. The van der Waals surface area contributed by atoms with Crippen molar-refractivity contribution in [2.24, 2.45) is 5.73 Å². The lowest BCUT2D eigenvalue weighted by Gasteiger charge is -2.36. The van der Waals surface area contributed by atoms with Crippen LogP contribution < -0.4 is 10.6 Å². The van der Waals surface area contributed by atoms with Crippen molar-refractivity contribution < 1.29 is 19.1 Å². The lowest BCUT2D eigenvalue weighted by Crippen LogP contribution is -2.49. The summed E-state index contributed by atoms with van der Waals surface area (Å²) in [5, 5.41) is 17.6. The first-order valence-electron chi connectivity index (χ1n) is 11.9. The smallest absolute Gasteiger partial charge is 0.248 e. The van der Waals surface area contributed by atoms with Gasteiger partial charge in [-0.1, -0.05) is 29.8 Å². The van der Waals surface area contributed by atoms with Crippen LogP contribution in [0.25, 0.3) is 10.9 Å². The number of aromatic nitrogens is 1. The molecule has 0 radical (unpaired) electrons. The van der Waals surface area contributed by atoms with E-state index in [0.717, 1.165) is 35.2 Å². The van der Waals surface area contributed by atoms with Crippen LogP contribution in [0.1, 0.15) is 15.9 Å². The van der Waals surface area contributed by atoms with E-state index in [9.17, 15) is 14.0 Å². The zero-order chi connectivity index (χ0) is 27.2. The normalized spacial score (nSPS) is 13.1. The van der Waals surface area contributed by atoms with E-state index in [4.69, 9.17) is 27.9 Å². The number of phenols is 1. The molecule has 0 spiro atoms. The van der Waals surface area contributed by atoms with Crippen LogP contribution in [0, 0.1) is 11.2 Å². The van der Waals surface area contributed by atoms with Gasteiger partial charge in [0.25, 0.3) is 0 Å². The number of carbonyl (C=O) groups excluding carboxylic acids is 2. The van der Waals surface area contributed by atoms with Gasteiger partial charge in [-0.05, 0) is 48.5 Å². The first-order valence-corrected chi connectivity index (χ1v) is 12.3. The Bertz CT molecular complexity index is 1460. The summed E-state index contributed by atoms with van der Waals surface area (Å²) in [5.41, 5.74) is 8.01. The zero-order valence-corrected chi connectivity index (χ0v) is 21.2. The first kappa shape index (κ1) is 26.7. The molecule has 0 bridgehead atoms. The number of aromatic hydroxyl groups is 1. The van der Waals surface area contributed by atoms with Crippen LogP contribution in [0.3, 0.4) is 0 Å². The standard InChI is InChI=1S/C21H21FN4O.C7H6ClNO2/c22-17-5-7-18(8-6-17)24-9-11-25(12-10-24)21(27)15-26-14-16(13-23)19-3-1-2-4-20(19)26;8-5-3-4(7(9)11)1-2-6(5)10/h1-8,13-14,23H,9-12,15H2;1-3,10H,(H2,9,11). The van der Waals surface area contributed by atoms with Gasteiger partial charge in [-0.3, -0.25) is 9.59 Å². The fourth-order valence-corrected chi connectivity index (χ4v) is 4.47. The van der Waals surface area contributed by atoms with Crippen molar-refractivity contribution >= 4 is 46.2 Å². The Morgan fingerprint density at radius 1 is 1.03 bits per heavy atom. The molecule has 0 aliphatic carbocycles. The van der Waals surface area contributed by atoms with Crippen molar-refractivity contribution in [2.75, 3.05) is 31.1 Å². The molecule has 2 heterocycles. The molecule has 1 aliphatic heterocycles. The third-order valence-corrected chi connectivity index (χ3v) is 6.64. The first-order chi connectivity index (χ1) is 18.3. The van der Waals surface area contributed by atoms with Crippen molar-refractivity contribution in [2.45, 2.75) is 6.54 Å². The van der Waals surface area contributed by atoms with Gasteiger partial charge in [-0.25, -0.2) is 4.39 Å². The molecular formula is C28H27ClFN5O3. The van der Waals surface area contributed by atoms with Crippen LogP contribution >= 0.6 is 11.6 Å². The molecular weight excluding hydrogens is 509 g/mol. The Balaban J connectivity index is 0.000000257. The number of fused-ring (bicyclic) bond motifs is 1. The van der Waals surface area contributed by atoms with E-state index in [1.807, 2.05) is 39.9 Å². The Hall–Kier alpha value is -4.37. The minimum Gasteiger partial charge on any atom is -0.506 e. The second-order valence-electron chi connectivity index (χ2n) is 8.75. The number of anilines is 1. The highest BCUT2D eigenvalue weighted by Gasteiger charge is 2.22. The van der Waals surface area contributed by atoms with Crippen LogP contribution in [-0.4, -0.2) is 58.8 Å². The number of carbonyl (C=O) groups is 2. The van der Waals surface area contributed by atoms with Crippen molar-refractivity contribution in [1.82, 2.24) is 9.47 Å². The van der Waals surface area contributed by atoms with Crippen LogP contribution in [-0.2, 0) is 11.3 Å². The van der Waals surface area contributed by atoms with Crippen LogP contribution in [0.5, 0.6) is 5.75 Å². The molecule has 2 amide bonds. The zero-order valence-electron chi connectivity index (χ0n) is 20.5. The molecule has 0 saturated carbocycles.